The van der Waals surface area contributed by atoms with Crippen LogP contribution in [0.5, 0.6) is 0 Å². The zero-order chi connectivity index (χ0) is 10.7. The average Bonchev–Trinajstić information content (AvgIpc) is 2.64. The van der Waals surface area contributed by atoms with E-state index in [4.69, 9.17) is 22.1 Å². The smallest absolute Gasteiger partial charge is 0.0824 e. The van der Waals surface area contributed by atoms with Gasteiger partial charge < -0.3 is 10.5 Å². The molecule has 1 aromatic rings. The molecule has 1 fully saturated rings. The van der Waals surface area contributed by atoms with Crippen molar-refractivity contribution in [2.45, 2.75) is 12.6 Å². The number of ether oxygens (including phenoxy) is 1. The first kappa shape index (κ1) is 11.4. The van der Waals surface area contributed by atoms with Gasteiger partial charge in [-0.2, -0.15) is 0 Å². The Morgan fingerprint density at radius 2 is 2.53 bits per heavy atom. The molecule has 0 spiro atoms. The van der Waals surface area contributed by atoms with Crippen LogP contribution in [-0.2, 0) is 11.3 Å². The van der Waals surface area contributed by atoms with Gasteiger partial charge in [-0.25, -0.2) is 0 Å². The van der Waals surface area contributed by atoms with Crippen molar-refractivity contribution >= 4 is 22.9 Å². The number of thiophene rings is 1. The fourth-order valence-electron chi connectivity index (χ4n) is 1.72. The average molecular weight is 247 g/mol. The zero-order valence-electron chi connectivity index (χ0n) is 8.49. The van der Waals surface area contributed by atoms with E-state index in [9.17, 15) is 0 Å². The summed E-state index contributed by atoms with van der Waals surface area (Å²) in [5, 5.41) is 2.80. The summed E-state index contributed by atoms with van der Waals surface area (Å²) in [7, 11) is 0. The molecule has 0 radical (unpaired) electrons. The van der Waals surface area contributed by atoms with Gasteiger partial charge in [-0.05, 0) is 6.07 Å². The van der Waals surface area contributed by atoms with Gasteiger partial charge in [0.1, 0.15) is 0 Å². The van der Waals surface area contributed by atoms with E-state index in [1.165, 1.54) is 4.88 Å². The predicted molar refractivity (Wildman–Crippen MR) is 63.4 cm³/mol. The van der Waals surface area contributed by atoms with E-state index in [0.717, 1.165) is 31.3 Å². The van der Waals surface area contributed by atoms with Gasteiger partial charge in [0.2, 0.25) is 0 Å². The fourth-order valence-corrected chi connectivity index (χ4v) is 2.84. The molecule has 1 aliphatic heterocycles. The molecule has 15 heavy (non-hydrogen) atoms. The molecule has 2 rings (SSSR count). The third-order valence-electron chi connectivity index (χ3n) is 2.49. The molecule has 2 N–H and O–H groups in total. The van der Waals surface area contributed by atoms with Crippen LogP contribution in [0.15, 0.2) is 11.4 Å². The highest BCUT2D eigenvalue weighted by Crippen LogP contribution is 2.21. The Balaban J connectivity index is 1.88. The van der Waals surface area contributed by atoms with Gasteiger partial charge in [-0.3, -0.25) is 4.90 Å². The fraction of sp³-hybridized carbons (Fsp3) is 0.600. The summed E-state index contributed by atoms with van der Waals surface area (Å²) in [5.74, 6) is 0. The van der Waals surface area contributed by atoms with Crippen LogP contribution in [-0.4, -0.2) is 37.2 Å². The molecule has 1 saturated heterocycles. The molecule has 5 heteroatoms. The van der Waals surface area contributed by atoms with Crippen LogP contribution in [0.3, 0.4) is 0 Å². The van der Waals surface area contributed by atoms with Crippen molar-refractivity contribution in [3.05, 3.63) is 21.3 Å². The number of hydrogen-bond donors (Lipinski definition) is 1. The number of morpholine rings is 1. The van der Waals surface area contributed by atoms with Gasteiger partial charge in [-0.1, -0.05) is 11.6 Å². The Morgan fingerprint density at radius 1 is 1.67 bits per heavy atom. The Hall–Kier alpha value is -0.130. The quantitative estimate of drug-likeness (QED) is 0.880. The molecule has 0 aliphatic carbocycles. The van der Waals surface area contributed by atoms with Crippen LogP contribution < -0.4 is 5.73 Å². The predicted octanol–water partition coefficient (Wildman–Crippen LogP) is 1.56. The number of nitrogens with zero attached hydrogens (tertiary/aromatic N) is 1. The van der Waals surface area contributed by atoms with Crippen LogP contribution in [0, 0.1) is 0 Å². The van der Waals surface area contributed by atoms with E-state index < -0.39 is 0 Å². The maximum atomic E-state index is 5.88. The zero-order valence-corrected chi connectivity index (χ0v) is 10.1. The van der Waals surface area contributed by atoms with E-state index in [1.54, 1.807) is 11.3 Å². The molecule has 2 heterocycles. The van der Waals surface area contributed by atoms with Crippen molar-refractivity contribution in [1.82, 2.24) is 4.90 Å². The third-order valence-corrected chi connectivity index (χ3v) is 3.76. The molecule has 0 saturated carbocycles. The van der Waals surface area contributed by atoms with Gasteiger partial charge in [0.15, 0.2) is 0 Å². The SMILES string of the molecule is NCC1CN(Cc2cc(Cl)cs2)CCO1. The second-order valence-electron chi connectivity index (χ2n) is 3.69. The van der Waals surface area contributed by atoms with Crippen molar-refractivity contribution < 1.29 is 4.74 Å². The van der Waals surface area contributed by atoms with E-state index in [0.29, 0.717) is 6.54 Å². The lowest BCUT2D eigenvalue weighted by Crippen LogP contribution is -2.44. The van der Waals surface area contributed by atoms with Gasteiger partial charge in [0, 0.05) is 36.4 Å². The molecule has 1 aromatic heterocycles. The largest absolute Gasteiger partial charge is 0.374 e. The summed E-state index contributed by atoms with van der Waals surface area (Å²) >= 11 is 7.59. The van der Waals surface area contributed by atoms with Gasteiger partial charge in [0.05, 0.1) is 17.7 Å². The second-order valence-corrected chi connectivity index (χ2v) is 5.13. The van der Waals surface area contributed by atoms with Crippen molar-refractivity contribution in [3.63, 3.8) is 0 Å². The van der Waals surface area contributed by atoms with Crippen molar-refractivity contribution in [2.24, 2.45) is 5.73 Å². The Labute approximate surface area is 98.8 Å². The molecular formula is C10H15ClN2OS. The maximum absolute atomic E-state index is 5.88. The van der Waals surface area contributed by atoms with E-state index in [-0.39, 0.29) is 6.10 Å². The lowest BCUT2D eigenvalue weighted by atomic mass is 10.2. The third kappa shape index (κ3) is 3.16. The monoisotopic (exact) mass is 246 g/mol. The minimum atomic E-state index is 0.189. The number of halogens is 1. The second kappa shape index (κ2) is 5.27. The van der Waals surface area contributed by atoms with Gasteiger partial charge >= 0.3 is 0 Å². The molecule has 0 amide bonds. The molecule has 1 unspecified atom stereocenters. The van der Waals surface area contributed by atoms with E-state index in [2.05, 4.69) is 4.90 Å². The first-order valence-electron chi connectivity index (χ1n) is 5.05. The summed E-state index contributed by atoms with van der Waals surface area (Å²) < 4.78 is 5.51. The molecule has 0 bridgehead atoms. The number of nitrogens with two attached hydrogens (primary N) is 1. The van der Waals surface area contributed by atoms with Crippen LogP contribution in [0.2, 0.25) is 5.02 Å². The highest BCUT2D eigenvalue weighted by atomic mass is 35.5. The number of rotatable bonds is 3. The Bertz CT molecular complexity index is 318. The van der Waals surface area contributed by atoms with Crippen LogP contribution >= 0.6 is 22.9 Å². The van der Waals surface area contributed by atoms with Crippen LogP contribution in [0.1, 0.15) is 4.88 Å². The summed E-state index contributed by atoms with van der Waals surface area (Å²) in [6.07, 6.45) is 0.189. The highest BCUT2D eigenvalue weighted by Gasteiger charge is 2.19. The first-order valence-corrected chi connectivity index (χ1v) is 6.30. The summed E-state index contributed by atoms with van der Waals surface area (Å²) in [6, 6.07) is 2.03. The minimum Gasteiger partial charge on any atom is -0.374 e. The van der Waals surface area contributed by atoms with Gasteiger partial charge in [0.25, 0.3) is 0 Å². The lowest BCUT2D eigenvalue weighted by Gasteiger charge is -2.31. The van der Waals surface area contributed by atoms with Crippen molar-refractivity contribution in [1.29, 1.82) is 0 Å². The number of hydrogen-bond acceptors (Lipinski definition) is 4. The Kier molecular flexibility index (Phi) is 3.99. The summed E-state index contributed by atoms with van der Waals surface area (Å²) in [4.78, 5) is 3.67. The van der Waals surface area contributed by atoms with Crippen LogP contribution in [0.4, 0.5) is 0 Å². The molecular weight excluding hydrogens is 232 g/mol. The molecule has 84 valence electrons. The van der Waals surface area contributed by atoms with E-state index >= 15 is 0 Å². The van der Waals surface area contributed by atoms with Crippen LogP contribution in [0.25, 0.3) is 0 Å². The molecule has 1 atom stereocenters. The molecule has 3 nitrogen and oxygen atoms in total. The van der Waals surface area contributed by atoms with Crippen molar-refractivity contribution in [3.8, 4) is 0 Å². The standard InChI is InChI=1S/C10H15ClN2OS/c11-8-3-10(15-7-8)6-13-1-2-14-9(4-12)5-13/h3,7,9H,1-2,4-6,12H2. The molecule has 0 aromatic carbocycles. The maximum Gasteiger partial charge on any atom is 0.0824 e. The minimum absolute atomic E-state index is 0.189. The van der Waals surface area contributed by atoms with Crippen molar-refractivity contribution in [2.75, 3.05) is 26.2 Å². The summed E-state index contributed by atoms with van der Waals surface area (Å²) in [5.41, 5.74) is 5.59. The lowest BCUT2D eigenvalue weighted by molar-refractivity contribution is -0.0257. The Morgan fingerprint density at radius 3 is 3.20 bits per heavy atom. The summed E-state index contributed by atoms with van der Waals surface area (Å²) in [6.45, 7) is 4.23. The topological polar surface area (TPSA) is 38.5 Å². The normalized spacial score (nSPS) is 23.2. The van der Waals surface area contributed by atoms with Gasteiger partial charge in [-0.15, -0.1) is 11.3 Å². The van der Waals surface area contributed by atoms with E-state index in [1.807, 2.05) is 11.4 Å². The molecule has 1 aliphatic rings. The highest BCUT2D eigenvalue weighted by molar-refractivity contribution is 7.10. The first-order chi connectivity index (χ1) is 7.28.